The second-order valence-corrected chi connectivity index (χ2v) is 6.19. The molecule has 0 aliphatic heterocycles. The summed E-state index contributed by atoms with van der Waals surface area (Å²) in [6.07, 6.45) is 0. The van der Waals surface area contributed by atoms with Crippen LogP contribution in [0.4, 0.5) is 16.5 Å². The molecule has 1 heterocycles. The van der Waals surface area contributed by atoms with Crippen LogP contribution in [0.5, 0.6) is 5.75 Å². The van der Waals surface area contributed by atoms with Crippen molar-refractivity contribution in [1.82, 2.24) is 4.98 Å². The predicted molar refractivity (Wildman–Crippen MR) is 98.0 cm³/mol. The number of benzene rings is 2. The third kappa shape index (κ3) is 3.55. The molecule has 0 radical (unpaired) electrons. The molecule has 2 N–H and O–H groups in total. The molecular weight excluding hydrogens is 322 g/mol. The van der Waals surface area contributed by atoms with E-state index in [1.54, 1.807) is 23.5 Å². The number of phenols is 1. The number of carbonyl (C=O) groups is 1. The summed E-state index contributed by atoms with van der Waals surface area (Å²) in [6.45, 7) is 1.49. The van der Waals surface area contributed by atoms with Crippen molar-refractivity contribution in [3.8, 4) is 17.0 Å². The Morgan fingerprint density at radius 1 is 1.12 bits per heavy atom. The minimum atomic E-state index is -0.0887. The smallest absolute Gasteiger partial charge is 0.221 e. The molecular formula is C18H17N3O2S. The molecule has 0 bridgehead atoms. The Morgan fingerprint density at radius 2 is 1.79 bits per heavy atom. The van der Waals surface area contributed by atoms with Gasteiger partial charge >= 0.3 is 0 Å². The third-order valence-electron chi connectivity index (χ3n) is 3.52. The monoisotopic (exact) mass is 339 g/mol. The number of phenolic OH excluding ortho intramolecular Hbond substituents is 1. The first kappa shape index (κ1) is 16.0. The molecule has 0 spiro atoms. The van der Waals surface area contributed by atoms with E-state index in [1.165, 1.54) is 6.92 Å². The van der Waals surface area contributed by atoms with Crippen molar-refractivity contribution in [1.29, 1.82) is 0 Å². The van der Waals surface area contributed by atoms with Crippen LogP contribution in [0.2, 0.25) is 0 Å². The molecule has 0 saturated heterocycles. The molecule has 2 aromatic carbocycles. The van der Waals surface area contributed by atoms with Crippen LogP contribution in [-0.2, 0) is 4.79 Å². The molecule has 0 unspecified atom stereocenters. The van der Waals surface area contributed by atoms with Crippen LogP contribution >= 0.6 is 11.3 Å². The first-order chi connectivity index (χ1) is 11.5. The molecule has 0 aliphatic rings. The van der Waals surface area contributed by atoms with Gasteiger partial charge in [-0.05, 0) is 36.4 Å². The lowest BCUT2D eigenvalue weighted by molar-refractivity contribution is -0.114. The summed E-state index contributed by atoms with van der Waals surface area (Å²) in [7, 11) is 1.94. The summed E-state index contributed by atoms with van der Waals surface area (Å²) in [5.41, 5.74) is 3.60. The molecule has 0 aliphatic carbocycles. The average molecular weight is 339 g/mol. The topological polar surface area (TPSA) is 65.5 Å². The van der Waals surface area contributed by atoms with Crippen LogP contribution in [0.3, 0.4) is 0 Å². The molecule has 0 saturated carbocycles. The largest absolute Gasteiger partial charge is 0.508 e. The number of nitrogens with zero attached hydrogens (tertiary/aromatic N) is 2. The van der Waals surface area contributed by atoms with Crippen LogP contribution in [0.1, 0.15) is 6.92 Å². The maximum absolute atomic E-state index is 11.1. The van der Waals surface area contributed by atoms with Gasteiger partial charge in [-0.3, -0.25) is 4.79 Å². The van der Waals surface area contributed by atoms with Gasteiger partial charge in [0, 0.05) is 36.3 Å². The zero-order valence-electron chi connectivity index (χ0n) is 13.4. The van der Waals surface area contributed by atoms with Crippen molar-refractivity contribution < 1.29 is 9.90 Å². The van der Waals surface area contributed by atoms with Gasteiger partial charge in [0.2, 0.25) is 5.91 Å². The normalized spacial score (nSPS) is 10.4. The fourth-order valence-corrected chi connectivity index (χ4v) is 3.09. The fourth-order valence-electron chi connectivity index (χ4n) is 2.27. The standard InChI is InChI=1S/C18H17N3O2S/c1-12(22)19-14-5-3-13(4-6-14)17-11-24-18(20-17)21(2)15-7-9-16(23)10-8-15/h3-11,23H,1-2H3,(H,19,22). The molecule has 0 fully saturated rings. The SMILES string of the molecule is CC(=O)Nc1ccc(-c2csc(N(C)c3ccc(O)cc3)n2)cc1. The number of hydrogen-bond acceptors (Lipinski definition) is 5. The molecule has 3 rings (SSSR count). The number of anilines is 3. The van der Waals surface area contributed by atoms with Gasteiger partial charge in [-0.25, -0.2) is 4.98 Å². The zero-order valence-corrected chi connectivity index (χ0v) is 14.2. The van der Waals surface area contributed by atoms with Gasteiger partial charge in [0.05, 0.1) is 5.69 Å². The quantitative estimate of drug-likeness (QED) is 0.746. The Balaban J connectivity index is 1.79. The second kappa shape index (κ2) is 6.72. The lowest BCUT2D eigenvalue weighted by atomic mass is 10.1. The molecule has 24 heavy (non-hydrogen) atoms. The highest BCUT2D eigenvalue weighted by Crippen LogP contribution is 2.31. The first-order valence-electron chi connectivity index (χ1n) is 7.39. The van der Waals surface area contributed by atoms with Gasteiger partial charge < -0.3 is 15.3 Å². The predicted octanol–water partition coefficient (Wildman–Crippen LogP) is 4.24. The van der Waals surface area contributed by atoms with E-state index in [4.69, 9.17) is 0 Å². The number of amides is 1. The second-order valence-electron chi connectivity index (χ2n) is 5.35. The minimum Gasteiger partial charge on any atom is -0.508 e. The van der Waals surface area contributed by atoms with E-state index < -0.39 is 0 Å². The van der Waals surface area contributed by atoms with E-state index in [1.807, 2.05) is 53.7 Å². The Labute approximate surface area is 144 Å². The number of aromatic hydroxyl groups is 1. The maximum atomic E-state index is 11.1. The summed E-state index contributed by atoms with van der Waals surface area (Å²) in [5, 5.41) is 15.0. The lowest BCUT2D eigenvalue weighted by Gasteiger charge is -2.15. The van der Waals surface area contributed by atoms with Crippen LogP contribution < -0.4 is 10.2 Å². The molecule has 5 nitrogen and oxygen atoms in total. The summed E-state index contributed by atoms with van der Waals surface area (Å²) in [4.78, 5) is 17.7. The first-order valence-corrected chi connectivity index (χ1v) is 8.27. The number of carbonyl (C=O) groups excluding carboxylic acids is 1. The van der Waals surface area contributed by atoms with Crippen molar-refractivity contribution in [3.05, 3.63) is 53.9 Å². The van der Waals surface area contributed by atoms with Crippen molar-refractivity contribution in [2.45, 2.75) is 6.92 Å². The highest BCUT2D eigenvalue weighted by molar-refractivity contribution is 7.14. The van der Waals surface area contributed by atoms with Gasteiger partial charge in [0.1, 0.15) is 5.75 Å². The van der Waals surface area contributed by atoms with E-state index in [0.29, 0.717) is 0 Å². The van der Waals surface area contributed by atoms with E-state index in [9.17, 15) is 9.90 Å². The summed E-state index contributed by atoms with van der Waals surface area (Å²) in [5.74, 6) is 0.153. The third-order valence-corrected chi connectivity index (χ3v) is 4.43. The van der Waals surface area contributed by atoms with Crippen LogP contribution in [0.25, 0.3) is 11.3 Å². The Hall–Kier alpha value is -2.86. The molecule has 0 atom stereocenters. The van der Waals surface area contributed by atoms with Crippen molar-refractivity contribution in [3.63, 3.8) is 0 Å². The van der Waals surface area contributed by atoms with Gasteiger partial charge in [-0.15, -0.1) is 11.3 Å². The number of aromatic nitrogens is 1. The molecule has 122 valence electrons. The Kier molecular flexibility index (Phi) is 4.48. The molecule has 1 amide bonds. The maximum Gasteiger partial charge on any atom is 0.221 e. The van der Waals surface area contributed by atoms with Crippen LogP contribution in [0, 0.1) is 0 Å². The number of nitrogens with one attached hydrogen (secondary N) is 1. The minimum absolute atomic E-state index is 0.0887. The molecule has 3 aromatic rings. The Bertz CT molecular complexity index is 841. The number of hydrogen-bond donors (Lipinski definition) is 2. The van der Waals surface area contributed by atoms with E-state index in [0.717, 1.165) is 27.8 Å². The Morgan fingerprint density at radius 3 is 2.42 bits per heavy atom. The van der Waals surface area contributed by atoms with Crippen molar-refractivity contribution in [2.75, 3.05) is 17.3 Å². The average Bonchev–Trinajstić information content (AvgIpc) is 3.05. The van der Waals surface area contributed by atoms with Crippen molar-refractivity contribution in [2.24, 2.45) is 0 Å². The van der Waals surface area contributed by atoms with Crippen molar-refractivity contribution >= 4 is 33.8 Å². The summed E-state index contributed by atoms with van der Waals surface area (Å²) in [6, 6.07) is 14.6. The summed E-state index contributed by atoms with van der Waals surface area (Å²) >= 11 is 1.55. The molecule has 6 heteroatoms. The zero-order chi connectivity index (χ0) is 17.1. The van der Waals surface area contributed by atoms with Gasteiger partial charge in [0.25, 0.3) is 0 Å². The lowest BCUT2D eigenvalue weighted by Crippen LogP contribution is -2.08. The highest BCUT2D eigenvalue weighted by atomic mass is 32.1. The molecule has 1 aromatic heterocycles. The van der Waals surface area contributed by atoms with Gasteiger partial charge in [-0.2, -0.15) is 0 Å². The van der Waals surface area contributed by atoms with Crippen LogP contribution in [0.15, 0.2) is 53.9 Å². The summed E-state index contributed by atoms with van der Waals surface area (Å²) < 4.78 is 0. The van der Waals surface area contributed by atoms with E-state index in [2.05, 4.69) is 10.3 Å². The van der Waals surface area contributed by atoms with Gasteiger partial charge in [0.15, 0.2) is 5.13 Å². The highest BCUT2D eigenvalue weighted by Gasteiger charge is 2.10. The number of thiazole rings is 1. The van der Waals surface area contributed by atoms with E-state index >= 15 is 0 Å². The fraction of sp³-hybridized carbons (Fsp3) is 0.111. The van der Waals surface area contributed by atoms with E-state index in [-0.39, 0.29) is 11.7 Å². The van der Waals surface area contributed by atoms with Crippen LogP contribution in [-0.4, -0.2) is 23.0 Å². The van der Waals surface area contributed by atoms with Gasteiger partial charge in [-0.1, -0.05) is 12.1 Å². The number of rotatable bonds is 4.